The van der Waals surface area contributed by atoms with Crippen LogP contribution in [0.3, 0.4) is 0 Å². The fraction of sp³-hybridized carbons (Fsp3) is 0.929. The van der Waals surface area contributed by atoms with E-state index >= 15 is 0 Å². The number of carbonyl (C=O) groups is 1. The smallest absolute Gasteiger partial charge is 0.220 e. The first-order chi connectivity index (χ1) is 8.15. The Kier molecular flexibility index (Phi) is 4.43. The molecule has 1 heterocycles. The third-order valence-electron chi connectivity index (χ3n) is 4.27. The van der Waals surface area contributed by atoms with Crippen LogP contribution in [0.15, 0.2) is 0 Å². The van der Waals surface area contributed by atoms with Crippen molar-refractivity contribution in [1.29, 1.82) is 0 Å². The summed E-state index contributed by atoms with van der Waals surface area (Å²) in [7, 11) is 0. The van der Waals surface area contributed by atoms with Crippen LogP contribution < -0.4 is 10.6 Å². The molecule has 0 bridgehead atoms. The standard InChI is InChI=1S/C14H26N2O/c1-10(2)3-6-14(17)16-13-5-4-11-8-15-9-12(11)7-13/h10-13,15H,3-9H2,1-2H3,(H,16,17)/t11-,12+,13?/m0/s1. The Hall–Kier alpha value is -0.570. The average molecular weight is 238 g/mol. The van der Waals surface area contributed by atoms with Gasteiger partial charge in [0, 0.05) is 12.5 Å². The van der Waals surface area contributed by atoms with Gasteiger partial charge in [0.1, 0.15) is 0 Å². The summed E-state index contributed by atoms with van der Waals surface area (Å²) >= 11 is 0. The lowest BCUT2D eigenvalue weighted by atomic mass is 9.79. The number of hydrogen-bond donors (Lipinski definition) is 2. The van der Waals surface area contributed by atoms with Crippen LogP contribution in [0.4, 0.5) is 0 Å². The number of hydrogen-bond acceptors (Lipinski definition) is 2. The SMILES string of the molecule is CC(C)CCC(=O)NC1CC[C@H]2CNC[C@H]2C1. The van der Waals surface area contributed by atoms with Crippen LogP contribution in [0.25, 0.3) is 0 Å². The van der Waals surface area contributed by atoms with Gasteiger partial charge in [-0.3, -0.25) is 4.79 Å². The average Bonchev–Trinajstić information content (AvgIpc) is 2.73. The monoisotopic (exact) mass is 238 g/mol. The van der Waals surface area contributed by atoms with E-state index in [-0.39, 0.29) is 5.91 Å². The van der Waals surface area contributed by atoms with Gasteiger partial charge in [-0.1, -0.05) is 13.8 Å². The van der Waals surface area contributed by atoms with Crippen LogP contribution in [0.1, 0.15) is 46.0 Å². The van der Waals surface area contributed by atoms with Crippen molar-refractivity contribution in [3.8, 4) is 0 Å². The van der Waals surface area contributed by atoms with Crippen LogP contribution in [0.5, 0.6) is 0 Å². The lowest BCUT2D eigenvalue weighted by Gasteiger charge is -2.31. The molecular weight excluding hydrogens is 212 g/mol. The minimum absolute atomic E-state index is 0.258. The summed E-state index contributed by atoms with van der Waals surface area (Å²) < 4.78 is 0. The third kappa shape index (κ3) is 3.70. The van der Waals surface area contributed by atoms with Crippen molar-refractivity contribution in [2.24, 2.45) is 17.8 Å². The maximum atomic E-state index is 11.8. The summed E-state index contributed by atoms with van der Waals surface area (Å²) in [4.78, 5) is 11.8. The molecule has 2 aliphatic rings. The highest BCUT2D eigenvalue weighted by Gasteiger charge is 2.34. The number of rotatable bonds is 4. The molecule has 0 aromatic rings. The van der Waals surface area contributed by atoms with Gasteiger partial charge in [0.15, 0.2) is 0 Å². The highest BCUT2D eigenvalue weighted by atomic mass is 16.1. The molecule has 1 amide bonds. The Morgan fingerprint density at radius 2 is 2.06 bits per heavy atom. The molecule has 0 aromatic carbocycles. The Balaban J connectivity index is 1.70. The molecular formula is C14H26N2O. The van der Waals surface area contributed by atoms with Crippen molar-refractivity contribution in [3.05, 3.63) is 0 Å². The molecule has 0 aromatic heterocycles. The predicted molar refractivity (Wildman–Crippen MR) is 69.7 cm³/mol. The van der Waals surface area contributed by atoms with Gasteiger partial charge < -0.3 is 10.6 Å². The Morgan fingerprint density at radius 1 is 1.29 bits per heavy atom. The summed E-state index contributed by atoms with van der Waals surface area (Å²) in [5, 5.41) is 6.69. The Labute approximate surface area is 105 Å². The second-order valence-electron chi connectivity index (χ2n) is 6.19. The summed E-state index contributed by atoms with van der Waals surface area (Å²) in [6, 6.07) is 0.441. The van der Waals surface area contributed by atoms with E-state index in [1.807, 2.05) is 0 Å². The van der Waals surface area contributed by atoms with E-state index < -0.39 is 0 Å². The molecule has 0 radical (unpaired) electrons. The molecule has 2 fully saturated rings. The molecule has 1 saturated carbocycles. The fourth-order valence-corrected chi connectivity index (χ4v) is 3.15. The molecule has 3 heteroatoms. The highest BCUT2D eigenvalue weighted by molar-refractivity contribution is 5.76. The maximum Gasteiger partial charge on any atom is 0.220 e. The van der Waals surface area contributed by atoms with Crippen molar-refractivity contribution >= 4 is 5.91 Å². The van der Waals surface area contributed by atoms with E-state index in [1.54, 1.807) is 0 Å². The third-order valence-corrected chi connectivity index (χ3v) is 4.27. The predicted octanol–water partition coefficient (Wildman–Crippen LogP) is 1.93. The summed E-state index contributed by atoms with van der Waals surface area (Å²) in [5.74, 6) is 2.56. The van der Waals surface area contributed by atoms with E-state index in [0.717, 1.165) is 24.8 Å². The number of carbonyl (C=O) groups excluding carboxylic acids is 1. The van der Waals surface area contributed by atoms with Crippen molar-refractivity contribution in [2.45, 2.75) is 52.0 Å². The van der Waals surface area contributed by atoms with Gasteiger partial charge in [0.25, 0.3) is 0 Å². The van der Waals surface area contributed by atoms with Gasteiger partial charge >= 0.3 is 0 Å². The maximum absolute atomic E-state index is 11.8. The van der Waals surface area contributed by atoms with Crippen molar-refractivity contribution in [3.63, 3.8) is 0 Å². The van der Waals surface area contributed by atoms with E-state index in [0.29, 0.717) is 18.4 Å². The van der Waals surface area contributed by atoms with Crippen LogP contribution in [0.2, 0.25) is 0 Å². The Bertz CT molecular complexity index is 265. The van der Waals surface area contributed by atoms with Gasteiger partial charge in [-0.15, -0.1) is 0 Å². The van der Waals surface area contributed by atoms with Crippen LogP contribution in [0, 0.1) is 17.8 Å². The van der Waals surface area contributed by atoms with Gasteiger partial charge in [0.05, 0.1) is 0 Å². The van der Waals surface area contributed by atoms with Gasteiger partial charge in [0.2, 0.25) is 5.91 Å². The van der Waals surface area contributed by atoms with E-state index in [1.165, 1.54) is 25.8 Å². The summed E-state index contributed by atoms with van der Waals surface area (Å²) in [6.07, 6.45) is 5.35. The number of nitrogens with one attached hydrogen (secondary N) is 2. The van der Waals surface area contributed by atoms with Crippen LogP contribution in [-0.4, -0.2) is 25.0 Å². The first-order valence-electron chi connectivity index (χ1n) is 7.15. The zero-order chi connectivity index (χ0) is 12.3. The molecule has 1 aliphatic heterocycles. The molecule has 98 valence electrons. The van der Waals surface area contributed by atoms with E-state index in [9.17, 15) is 4.79 Å². The highest BCUT2D eigenvalue weighted by Crippen LogP contribution is 2.32. The van der Waals surface area contributed by atoms with E-state index in [4.69, 9.17) is 0 Å². The van der Waals surface area contributed by atoms with Crippen molar-refractivity contribution < 1.29 is 4.79 Å². The van der Waals surface area contributed by atoms with Crippen LogP contribution in [-0.2, 0) is 4.79 Å². The van der Waals surface area contributed by atoms with Crippen molar-refractivity contribution in [1.82, 2.24) is 10.6 Å². The second-order valence-corrected chi connectivity index (χ2v) is 6.19. The summed E-state index contributed by atoms with van der Waals surface area (Å²) in [5.41, 5.74) is 0. The number of fused-ring (bicyclic) bond motifs is 1. The van der Waals surface area contributed by atoms with Gasteiger partial charge in [-0.25, -0.2) is 0 Å². The largest absolute Gasteiger partial charge is 0.353 e. The molecule has 3 nitrogen and oxygen atoms in total. The number of amides is 1. The molecule has 1 aliphatic carbocycles. The first-order valence-corrected chi connectivity index (χ1v) is 7.15. The van der Waals surface area contributed by atoms with Gasteiger partial charge in [-0.05, 0) is 56.5 Å². The van der Waals surface area contributed by atoms with Gasteiger partial charge in [-0.2, -0.15) is 0 Å². The minimum Gasteiger partial charge on any atom is -0.353 e. The van der Waals surface area contributed by atoms with E-state index in [2.05, 4.69) is 24.5 Å². The second kappa shape index (κ2) is 5.85. The summed E-state index contributed by atoms with van der Waals surface area (Å²) in [6.45, 7) is 6.69. The lowest BCUT2D eigenvalue weighted by molar-refractivity contribution is -0.122. The molecule has 1 unspecified atom stereocenters. The fourth-order valence-electron chi connectivity index (χ4n) is 3.15. The topological polar surface area (TPSA) is 41.1 Å². The first kappa shape index (κ1) is 12.9. The zero-order valence-corrected chi connectivity index (χ0v) is 11.2. The molecule has 1 saturated heterocycles. The van der Waals surface area contributed by atoms with Crippen LogP contribution >= 0.6 is 0 Å². The Morgan fingerprint density at radius 3 is 2.82 bits per heavy atom. The lowest BCUT2D eigenvalue weighted by Crippen LogP contribution is -2.40. The molecule has 3 atom stereocenters. The molecule has 0 spiro atoms. The molecule has 2 N–H and O–H groups in total. The minimum atomic E-state index is 0.258. The zero-order valence-electron chi connectivity index (χ0n) is 11.2. The normalized spacial score (nSPS) is 32.5. The quantitative estimate of drug-likeness (QED) is 0.786. The molecule has 17 heavy (non-hydrogen) atoms. The van der Waals surface area contributed by atoms with Crippen molar-refractivity contribution in [2.75, 3.05) is 13.1 Å². The molecule has 2 rings (SSSR count).